The van der Waals surface area contributed by atoms with E-state index in [4.69, 9.17) is 32.9 Å². The quantitative estimate of drug-likeness (QED) is 0.116. The van der Waals surface area contributed by atoms with Gasteiger partial charge in [0.2, 0.25) is 0 Å². The Morgan fingerprint density at radius 2 is 0.237 bits per heavy atom. The molecule has 22 aliphatic rings. The zero-order valence-corrected chi connectivity index (χ0v) is 98.9. The average molecular weight is 2120 g/mol. The van der Waals surface area contributed by atoms with Gasteiger partial charge in [0.15, 0.2) is 0 Å². The minimum atomic E-state index is -4.81. The molecule has 41 heteroatoms. The van der Waals surface area contributed by atoms with Crippen LogP contribution in [0.5, 0.6) is 0 Å². The molecule has 22 rings (SSSR count). The van der Waals surface area contributed by atoms with Crippen LogP contribution >= 0.6 is 0 Å². The highest BCUT2D eigenvalue weighted by molar-refractivity contribution is 7.06. The number of hydrogen-bond donors (Lipinski definition) is 0. The van der Waals surface area contributed by atoms with Crippen molar-refractivity contribution in [3.63, 3.8) is 0 Å². The van der Waals surface area contributed by atoms with E-state index in [-0.39, 0.29) is 77.6 Å². The maximum Gasteiger partial charge on any atom is 0.482 e. The standard InChI is InChI=1S/C90H172O24Si17/c1-115(2,91-118(77-49-21-7-22-50-77)97-124(83-61-33-13-34-62-83)101-120(79-53-25-9-26-54-79)93-116(3,4)94-121(80-55-27-10-28-56-80)102-125(98-118,84-63-35-14-36-64-84)110-130(109-124,89-73-45-19-46-74-89)113-128(105-120,106-121)87-69-41-17-42-70-87)92-119(78-51-23-8-24-52-78)99-126(85-65-37-15-38-66-85)103-122(81-57-29-11-30-58-81)95-117(5,6)96-123(82-59-31-12-32-60-82)104-127(100-119,86-67-39-16-40-68-86)112-131(111-126,90-75-47-20-48-76-90)114-129(107-122,108-123)88-71-43-18-44-72-88/h77-90H,7-76H2,1-6H3. The minimum Gasteiger partial charge on any atom is -0.394 e. The van der Waals surface area contributed by atoms with Gasteiger partial charge >= 0.3 is 149 Å². The molecule has 8 aliphatic heterocycles. The average Bonchev–Trinajstić information content (AvgIpc) is 0.679. The Morgan fingerprint density at radius 3 is 0.359 bits per heavy atom. The molecular weight excluding hydrogens is 1940 g/mol. The van der Waals surface area contributed by atoms with Crippen molar-refractivity contribution in [2.45, 2.75) is 566 Å². The lowest BCUT2D eigenvalue weighted by Crippen LogP contribution is -2.88. The third kappa shape index (κ3) is 19.3. The van der Waals surface area contributed by atoms with Gasteiger partial charge in [0.25, 0.3) is 0 Å². The van der Waals surface area contributed by atoms with Crippen LogP contribution in [0, 0.1) is 0 Å². The Kier molecular flexibility index (Phi) is 29.9. The monoisotopic (exact) mass is 2110 g/mol. The van der Waals surface area contributed by atoms with Crippen LogP contribution in [0.15, 0.2) is 0 Å². The van der Waals surface area contributed by atoms with Crippen molar-refractivity contribution < 1.29 is 98.8 Å². The zero-order chi connectivity index (χ0) is 89.1. The predicted molar refractivity (Wildman–Crippen MR) is 535 cm³/mol. The highest BCUT2D eigenvalue weighted by atomic mass is 28.6. The molecule has 0 N–H and O–H groups in total. The summed E-state index contributed by atoms with van der Waals surface area (Å²) in [6.45, 7) is 14.0. The second kappa shape index (κ2) is 39.7. The fraction of sp³-hybridized carbons (Fsp3) is 1.00. The predicted octanol–water partition coefficient (Wildman–Crippen LogP) is 27.4. The third-order valence-corrected chi connectivity index (χ3v) is 119. The molecule has 0 aromatic carbocycles. The van der Waals surface area contributed by atoms with Crippen LogP contribution in [0.1, 0.15) is 449 Å². The van der Waals surface area contributed by atoms with Crippen LogP contribution in [0.25, 0.3) is 0 Å². The second-order valence-electron chi connectivity index (χ2n) is 47.8. The third-order valence-electron chi connectivity index (χ3n) is 36.9. The molecule has 0 aromatic rings. The minimum absolute atomic E-state index is 0.0489. The molecule has 0 unspecified atom stereocenters. The molecular formula is C90H172O24Si17. The van der Waals surface area contributed by atoms with Crippen LogP contribution in [0.4, 0.5) is 0 Å². The highest BCUT2D eigenvalue weighted by Gasteiger charge is 2.89. The van der Waals surface area contributed by atoms with Crippen LogP contribution in [-0.4, -0.2) is 149 Å². The van der Waals surface area contributed by atoms with Gasteiger partial charge in [0.05, 0.1) is 0 Å². The summed E-state index contributed by atoms with van der Waals surface area (Å²) in [5.41, 5.74) is -1.84. The maximum atomic E-state index is 9.72. The van der Waals surface area contributed by atoms with E-state index >= 15 is 0 Å². The molecule has 131 heavy (non-hydrogen) atoms. The van der Waals surface area contributed by atoms with Gasteiger partial charge in [-0.1, -0.05) is 270 Å². The topological polar surface area (TPSA) is 222 Å². The Morgan fingerprint density at radius 1 is 0.137 bits per heavy atom. The van der Waals surface area contributed by atoms with Gasteiger partial charge in [0, 0.05) is 77.6 Å². The summed E-state index contributed by atoms with van der Waals surface area (Å²) in [5.74, 6) is 0. The highest BCUT2D eigenvalue weighted by Crippen LogP contribution is 2.69. The molecule has 0 spiro atoms. The van der Waals surface area contributed by atoms with Gasteiger partial charge in [-0.3, -0.25) is 0 Å². The Labute approximate surface area is 807 Å². The van der Waals surface area contributed by atoms with Crippen LogP contribution in [0.3, 0.4) is 0 Å². The van der Waals surface area contributed by atoms with Crippen molar-refractivity contribution in [2.75, 3.05) is 0 Å². The van der Waals surface area contributed by atoms with E-state index in [1.807, 2.05) is 0 Å². The van der Waals surface area contributed by atoms with Gasteiger partial charge in [-0.15, -0.1) is 0 Å². The molecule has 0 aromatic heterocycles. The first-order chi connectivity index (χ1) is 63.4. The summed E-state index contributed by atoms with van der Waals surface area (Å²) < 4.78 is 224. The van der Waals surface area contributed by atoms with Crippen molar-refractivity contribution in [1.82, 2.24) is 0 Å². The largest absolute Gasteiger partial charge is 0.482 e. The molecule has 8 saturated heterocycles. The molecule has 14 aliphatic carbocycles. The molecule has 24 nitrogen and oxygen atoms in total. The van der Waals surface area contributed by atoms with E-state index in [1.165, 1.54) is 12.8 Å². The lowest BCUT2D eigenvalue weighted by Gasteiger charge is -2.66. The SMILES string of the molecule is C[Si](C)(O[Si]1(C2CCCCC2)O[Si]2(C3CCCCC3)O[Si]3(C4CCCCC4)O[Si](C)(C)O[Si]4(C5CCCCC5)O[Si](C5CCCCC5)(O3)O[Si](C3CCCCC3)(O2)O[Si](C2CCCCC2)(O1)O4)O[Si]1(C2CCCCC2)O[Si]2(C3CCCCC3)O[Si]3(C4CCCCC4)O[Si](C)(C)O[Si]4(C5CCCCC5)O[Si](C5CCCCC5)(O3)O[Si](C3CCCCC3)(O2)O[Si](C2CCCCC2)(O1)O4. The van der Waals surface area contributed by atoms with Gasteiger partial charge < -0.3 is 98.8 Å². The Bertz CT molecular complexity index is 3420. The first-order valence-electron chi connectivity index (χ1n) is 56.3. The lowest BCUT2D eigenvalue weighted by molar-refractivity contribution is -0.0256. The molecule has 22 fully saturated rings. The summed E-state index contributed by atoms with van der Waals surface area (Å²) in [6.07, 6.45) is 69.8. The summed E-state index contributed by atoms with van der Waals surface area (Å²) in [4.78, 5) is 0. The summed E-state index contributed by atoms with van der Waals surface area (Å²) in [7, 11) is -74.2. The van der Waals surface area contributed by atoms with E-state index < -0.39 is 149 Å². The zero-order valence-electron chi connectivity index (χ0n) is 81.9. The second-order valence-corrected chi connectivity index (χ2v) is 104. The smallest absolute Gasteiger partial charge is 0.394 e. The maximum absolute atomic E-state index is 9.72. The van der Waals surface area contributed by atoms with E-state index in [1.54, 1.807) is 0 Å². The summed E-state index contributed by atoms with van der Waals surface area (Å²) in [5, 5.41) is 0. The van der Waals surface area contributed by atoms with Crippen molar-refractivity contribution in [2.24, 2.45) is 0 Å². The summed E-state index contributed by atoms with van der Waals surface area (Å²) in [6, 6.07) is 0. The normalized spacial score (nSPS) is 45.3. The van der Waals surface area contributed by atoms with Gasteiger partial charge in [-0.25, -0.2) is 0 Å². The van der Waals surface area contributed by atoms with E-state index in [2.05, 4.69) is 39.3 Å². The number of fused-ring (bicyclic) bond motifs is 8. The van der Waals surface area contributed by atoms with Crippen LogP contribution in [0.2, 0.25) is 117 Å². The van der Waals surface area contributed by atoms with Crippen molar-refractivity contribution in [3.05, 3.63) is 0 Å². The van der Waals surface area contributed by atoms with Crippen molar-refractivity contribution >= 4 is 149 Å². The number of hydrogen-bond acceptors (Lipinski definition) is 24. The molecule has 12 bridgehead atoms. The first-order valence-corrected chi connectivity index (χ1v) is 89.9. The van der Waals surface area contributed by atoms with Gasteiger partial charge in [0.1, 0.15) is 0 Å². The molecule has 0 amide bonds. The Balaban J connectivity index is 0.808. The molecule has 0 radical (unpaired) electrons. The molecule has 14 saturated carbocycles. The molecule has 8 heterocycles. The van der Waals surface area contributed by atoms with Crippen LogP contribution in [-0.2, 0) is 98.8 Å². The van der Waals surface area contributed by atoms with Crippen molar-refractivity contribution in [1.29, 1.82) is 0 Å². The van der Waals surface area contributed by atoms with Crippen molar-refractivity contribution in [3.8, 4) is 0 Å². The summed E-state index contributed by atoms with van der Waals surface area (Å²) >= 11 is 0. The van der Waals surface area contributed by atoms with Crippen LogP contribution < -0.4 is 0 Å². The number of rotatable bonds is 18. The van der Waals surface area contributed by atoms with E-state index in [0.29, 0.717) is 0 Å². The van der Waals surface area contributed by atoms with E-state index in [9.17, 15) is 65.8 Å². The lowest BCUT2D eigenvalue weighted by atomic mass is 10.0. The van der Waals surface area contributed by atoms with Gasteiger partial charge in [-0.2, -0.15) is 0 Å². The van der Waals surface area contributed by atoms with Gasteiger partial charge in [-0.05, 0) is 219 Å². The fourth-order valence-electron chi connectivity index (χ4n) is 30.4. The molecule has 744 valence electrons. The van der Waals surface area contributed by atoms with E-state index in [0.717, 1.165) is 437 Å². The molecule has 0 atom stereocenters. The Hall–Kier alpha value is 2.73. The fourth-order valence-corrected chi connectivity index (χ4v) is 143. The first kappa shape index (κ1) is 98.4.